The van der Waals surface area contributed by atoms with Crippen LogP contribution in [0.1, 0.15) is 50.1 Å². The maximum Gasteiger partial charge on any atom is 0.231 e. The predicted molar refractivity (Wildman–Crippen MR) is 121 cm³/mol. The molecule has 1 atom stereocenters. The zero-order chi connectivity index (χ0) is 21.7. The van der Waals surface area contributed by atoms with E-state index < -0.39 is 0 Å². The van der Waals surface area contributed by atoms with E-state index in [4.69, 9.17) is 24.2 Å². The van der Waals surface area contributed by atoms with Crippen LogP contribution in [0.3, 0.4) is 0 Å². The molecule has 164 valence electrons. The van der Waals surface area contributed by atoms with Gasteiger partial charge in [-0.05, 0) is 31.5 Å². The topological polar surface area (TPSA) is 68.2 Å². The summed E-state index contributed by atoms with van der Waals surface area (Å²) in [5, 5.41) is 6.47. The van der Waals surface area contributed by atoms with Crippen molar-refractivity contribution in [2.45, 2.75) is 45.8 Å². The second-order valence-corrected chi connectivity index (χ2v) is 8.92. The average molecular weight is 433 g/mol. The SMILES string of the molecule is CCNC(=NCC(C)(C)c1ccc2c(c1)OCO2)N(C)Cc1csc(C(C)OC)n1. The second kappa shape index (κ2) is 9.66. The monoisotopic (exact) mass is 432 g/mol. The predicted octanol–water partition coefficient (Wildman–Crippen LogP) is 3.95. The van der Waals surface area contributed by atoms with Crippen molar-refractivity contribution in [1.29, 1.82) is 0 Å². The fraction of sp³-hybridized carbons (Fsp3) is 0.545. The third-order valence-corrected chi connectivity index (χ3v) is 6.20. The fourth-order valence-corrected chi connectivity index (χ4v) is 3.99. The van der Waals surface area contributed by atoms with Gasteiger partial charge in [0.1, 0.15) is 11.1 Å². The highest BCUT2D eigenvalue weighted by Crippen LogP contribution is 2.36. The summed E-state index contributed by atoms with van der Waals surface area (Å²) in [6.07, 6.45) is 0.0125. The van der Waals surface area contributed by atoms with E-state index in [-0.39, 0.29) is 18.3 Å². The van der Waals surface area contributed by atoms with Gasteiger partial charge in [-0.25, -0.2) is 4.98 Å². The van der Waals surface area contributed by atoms with Crippen LogP contribution in [-0.4, -0.2) is 49.9 Å². The third-order valence-electron chi connectivity index (χ3n) is 5.14. The van der Waals surface area contributed by atoms with E-state index >= 15 is 0 Å². The van der Waals surface area contributed by atoms with Gasteiger partial charge in [0, 0.05) is 31.5 Å². The van der Waals surface area contributed by atoms with E-state index in [9.17, 15) is 0 Å². The van der Waals surface area contributed by atoms with Crippen LogP contribution in [0.4, 0.5) is 0 Å². The highest BCUT2D eigenvalue weighted by Gasteiger charge is 2.24. The molecular formula is C22H32N4O3S. The molecule has 30 heavy (non-hydrogen) atoms. The summed E-state index contributed by atoms with van der Waals surface area (Å²) >= 11 is 1.63. The molecule has 1 aliphatic rings. The van der Waals surface area contributed by atoms with Crippen LogP contribution in [-0.2, 0) is 16.7 Å². The van der Waals surface area contributed by atoms with E-state index in [0.29, 0.717) is 13.1 Å². The van der Waals surface area contributed by atoms with Crippen molar-refractivity contribution in [3.05, 3.63) is 39.8 Å². The summed E-state index contributed by atoms with van der Waals surface area (Å²) in [5.41, 5.74) is 2.04. The molecule has 1 unspecified atom stereocenters. The van der Waals surface area contributed by atoms with Crippen molar-refractivity contribution in [1.82, 2.24) is 15.2 Å². The molecule has 1 aliphatic heterocycles. The lowest BCUT2D eigenvalue weighted by Crippen LogP contribution is -2.39. The van der Waals surface area contributed by atoms with Crippen LogP contribution >= 0.6 is 11.3 Å². The Balaban J connectivity index is 1.70. The van der Waals surface area contributed by atoms with Gasteiger partial charge in [-0.15, -0.1) is 11.3 Å². The molecule has 1 aromatic carbocycles. The molecule has 0 saturated carbocycles. The first-order valence-corrected chi connectivity index (χ1v) is 11.1. The van der Waals surface area contributed by atoms with Crippen molar-refractivity contribution < 1.29 is 14.2 Å². The quantitative estimate of drug-likeness (QED) is 0.503. The minimum absolute atomic E-state index is 0.0125. The number of hydrogen-bond acceptors (Lipinski definition) is 6. The molecule has 2 aromatic rings. The van der Waals surface area contributed by atoms with Crippen LogP contribution in [0, 0.1) is 0 Å². The number of fused-ring (bicyclic) bond motifs is 1. The number of ether oxygens (including phenoxy) is 3. The van der Waals surface area contributed by atoms with Gasteiger partial charge >= 0.3 is 0 Å². The van der Waals surface area contributed by atoms with Crippen LogP contribution in [0.25, 0.3) is 0 Å². The van der Waals surface area contributed by atoms with Crippen molar-refractivity contribution in [2.75, 3.05) is 34.0 Å². The number of methoxy groups -OCH3 is 1. The molecule has 0 spiro atoms. The van der Waals surface area contributed by atoms with Crippen LogP contribution < -0.4 is 14.8 Å². The van der Waals surface area contributed by atoms with E-state index in [2.05, 4.69) is 48.5 Å². The molecule has 3 rings (SSSR count). The van der Waals surface area contributed by atoms with Gasteiger partial charge in [0.25, 0.3) is 0 Å². The molecule has 0 radical (unpaired) electrons. The Morgan fingerprint density at radius 3 is 2.87 bits per heavy atom. The summed E-state index contributed by atoms with van der Waals surface area (Å²) in [4.78, 5) is 11.7. The Bertz CT molecular complexity index is 881. The molecule has 7 nitrogen and oxygen atoms in total. The Labute approximate surface area is 183 Å². The van der Waals surface area contributed by atoms with Crippen LogP contribution in [0.2, 0.25) is 0 Å². The molecule has 0 bridgehead atoms. The fourth-order valence-electron chi connectivity index (χ4n) is 3.15. The summed E-state index contributed by atoms with van der Waals surface area (Å²) < 4.78 is 16.3. The molecule has 0 amide bonds. The van der Waals surface area contributed by atoms with Gasteiger partial charge in [0.05, 0.1) is 18.8 Å². The standard InChI is InChI=1S/C22H32N4O3S/c1-7-23-21(26(5)11-17-12-30-20(25-17)15(2)27-6)24-13-22(3,4)16-8-9-18-19(10-16)29-14-28-18/h8-10,12,15H,7,11,13-14H2,1-6H3,(H,23,24). The minimum Gasteiger partial charge on any atom is -0.454 e. The lowest BCUT2D eigenvalue weighted by Gasteiger charge is -2.26. The number of rotatable bonds is 8. The number of aliphatic imine (C=N–C) groups is 1. The lowest BCUT2D eigenvalue weighted by molar-refractivity contribution is 0.119. The molecule has 0 fully saturated rings. The van der Waals surface area contributed by atoms with Crippen LogP contribution in [0.15, 0.2) is 28.6 Å². The first-order chi connectivity index (χ1) is 14.3. The summed E-state index contributed by atoms with van der Waals surface area (Å²) in [6, 6.07) is 6.12. The van der Waals surface area contributed by atoms with Crippen molar-refractivity contribution in [3.63, 3.8) is 0 Å². The lowest BCUT2D eigenvalue weighted by atomic mass is 9.84. The first kappa shape index (κ1) is 22.4. The number of benzene rings is 1. The zero-order valence-electron chi connectivity index (χ0n) is 18.7. The number of guanidine groups is 1. The molecule has 2 heterocycles. The average Bonchev–Trinajstić information content (AvgIpc) is 3.39. The summed E-state index contributed by atoms with van der Waals surface area (Å²) in [5.74, 6) is 2.47. The molecular weight excluding hydrogens is 400 g/mol. The molecule has 1 aromatic heterocycles. The van der Waals surface area contributed by atoms with E-state index in [1.54, 1.807) is 18.4 Å². The summed E-state index contributed by atoms with van der Waals surface area (Å²) in [6.45, 7) is 10.9. The van der Waals surface area contributed by atoms with E-state index in [1.165, 1.54) is 5.56 Å². The van der Waals surface area contributed by atoms with Crippen molar-refractivity contribution >= 4 is 17.3 Å². The first-order valence-electron chi connectivity index (χ1n) is 10.2. The van der Waals surface area contributed by atoms with Gasteiger partial charge in [-0.1, -0.05) is 19.9 Å². The summed E-state index contributed by atoms with van der Waals surface area (Å²) in [7, 11) is 3.74. The van der Waals surface area contributed by atoms with Gasteiger partial charge in [-0.3, -0.25) is 4.99 Å². The smallest absolute Gasteiger partial charge is 0.231 e. The van der Waals surface area contributed by atoms with Gasteiger partial charge in [-0.2, -0.15) is 0 Å². The number of thiazole rings is 1. The highest BCUT2D eigenvalue weighted by molar-refractivity contribution is 7.09. The number of nitrogens with one attached hydrogen (secondary N) is 1. The van der Waals surface area contributed by atoms with Crippen LogP contribution in [0.5, 0.6) is 11.5 Å². The Hall–Kier alpha value is -2.32. The number of nitrogens with zero attached hydrogens (tertiary/aromatic N) is 3. The molecule has 0 saturated heterocycles. The number of aromatic nitrogens is 1. The minimum atomic E-state index is -0.149. The second-order valence-electron chi connectivity index (χ2n) is 8.03. The Kier molecular flexibility index (Phi) is 7.20. The largest absolute Gasteiger partial charge is 0.454 e. The zero-order valence-corrected chi connectivity index (χ0v) is 19.5. The van der Waals surface area contributed by atoms with Crippen molar-refractivity contribution in [3.8, 4) is 11.5 Å². The van der Waals surface area contributed by atoms with E-state index in [0.717, 1.165) is 34.7 Å². The Morgan fingerprint density at radius 1 is 1.37 bits per heavy atom. The maximum absolute atomic E-state index is 5.54. The third kappa shape index (κ3) is 5.23. The van der Waals surface area contributed by atoms with Gasteiger partial charge < -0.3 is 24.4 Å². The number of hydrogen-bond donors (Lipinski definition) is 1. The van der Waals surface area contributed by atoms with E-state index in [1.807, 2.05) is 20.0 Å². The molecule has 0 aliphatic carbocycles. The van der Waals surface area contributed by atoms with Gasteiger partial charge in [0.15, 0.2) is 17.5 Å². The molecule has 8 heteroatoms. The Morgan fingerprint density at radius 2 is 2.13 bits per heavy atom. The van der Waals surface area contributed by atoms with Gasteiger partial charge in [0.2, 0.25) is 6.79 Å². The highest BCUT2D eigenvalue weighted by atomic mass is 32.1. The normalized spacial score (nSPS) is 14.7. The molecule has 1 N–H and O–H groups in total. The van der Waals surface area contributed by atoms with Crippen molar-refractivity contribution in [2.24, 2.45) is 4.99 Å². The maximum atomic E-state index is 5.54.